The van der Waals surface area contributed by atoms with E-state index in [4.69, 9.17) is 119 Å². The van der Waals surface area contributed by atoms with E-state index >= 15 is 0 Å². The second-order valence-corrected chi connectivity index (χ2v) is 30.2. The number of carboxylic acid groups (broad SMARTS) is 3. The summed E-state index contributed by atoms with van der Waals surface area (Å²) < 4.78 is 132. The number of aliphatic carboxylic acids is 3. The fraction of sp³-hybridized carbons (Fsp3) is 0.922. The monoisotopic (exact) mass is 1820 g/mol. The maximum absolute atomic E-state index is 13.3. The number of carboxylic acids is 3. The zero-order chi connectivity index (χ0) is 90.9. The molecule has 2 amide bonds. The molecule has 5 N–H and O–H groups in total. The van der Waals surface area contributed by atoms with Crippen molar-refractivity contribution in [1.82, 2.24) is 10.6 Å². The topological polar surface area (TPSA) is 426 Å². The highest BCUT2D eigenvalue weighted by Gasteiger charge is 2.31. The van der Waals surface area contributed by atoms with Crippen LogP contribution in [0.4, 0.5) is 0 Å². The van der Waals surface area contributed by atoms with Gasteiger partial charge in [0.15, 0.2) is 5.78 Å². The summed E-state index contributed by atoms with van der Waals surface area (Å²) in [6.07, 6.45) is 21.3. The number of hydrogen-bond acceptors (Lipinski definition) is 31. The molecule has 1 saturated carbocycles. The summed E-state index contributed by atoms with van der Waals surface area (Å²) in [5, 5.41) is 33.7. The second kappa shape index (κ2) is 98.2. The molecule has 0 aliphatic heterocycles. The molecule has 0 unspecified atom stereocenters. The van der Waals surface area contributed by atoms with Gasteiger partial charge in [0.05, 0.1) is 316 Å². The Hall–Kier alpha value is -4.27. The van der Waals surface area contributed by atoms with Crippen LogP contribution in [0.5, 0.6) is 0 Å². The number of carbonyl (C=O) groups excluding carboxylic acids is 4. The first kappa shape index (κ1) is 120. The lowest BCUT2D eigenvalue weighted by atomic mass is 9.78. The number of Topliss-reactive ketones (excluding diaryl/α,β-unsaturated/α-hetero) is 2. The minimum absolute atomic E-state index is 0.0272. The molecule has 0 bridgehead atoms. The Morgan fingerprint density at radius 3 is 0.762 bits per heavy atom. The first-order valence-electron chi connectivity index (χ1n) is 47.1. The van der Waals surface area contributed by atoms with Gasteiger partial charge < -0.3 is 140 Å². The number of nitrogens with one attached hydrogen (secondary N) is 2. The molecule has 36 nitrogen and oxygen atoms in total. The van der Waals surface area contributed by atoms with E-state index in [9.17, 15) is 43.8 Å². The fourth-order valence-corrected chi connectivity index (χ4v) is 12.7. The Balaban J connectivity index is 1.82. The summed E-state index contributed by atoms with van der Waals surface area (Å²) in [4.78, 5) is 86.4. The van der Waals surface area contributed by atoms with Crippen molar-refractivity contribution in [3.05, 3.63) is 0 Å². The van der Waals surface area contributed by atoms with Gasteiger partial charge in [0.1, 0.15) is 5.78 Å². The lowest BCUT2D eigenvalue weighted by Gasteiger charge is -2.28. The molecule has 36 heteroatoms. The minimum atomic E-state index is -1.19. The molecule has 0 aromatic heterocycles. The van der Waals surface area contributed by atoms with Crippen LogP contribution in [0.1, 0.15) is 193 Å². The molecule has 0 saturated heterocycles. The molecular weight excluding hydrogens is 1650 g/mol. The van der Waals surface area contributed by atoms with Gasteiger partial charge in [0, 0.05) is 64.2 Å². The summed E-state index contributed by atoms with van der Waals surface area (Å²) in [6.45, 7) is 24.6. The van der Waals surface area contributed by atoms with Crippen LogP contribution in [0, 0.1) is 17.8 Å². The zero-order valence-electron chi connectivity index (χ0n) is 77.0. The molecule has 1 rings (SSSR count). The molecule has 126 heavy (non-hydrogen) atoms. The highest BCUT2D eigenvalue weighted by molar-refractivity contribution is 5.90. The van der Waals surface area contributed by atoms with Crippen molar-refractivity contribution in [2.24, 2.45) is 17.8 Å². The van der Waals surface area contributed by atoms with E-state index in [0.717, 1.165) is 51.4 Å². The first-order valence-corrected chi connectivity index (χ1v) is 47.1. The van der Waals surface area contributed by atoms with Crippen LogP contribution in [0.2, 0.25) is 0 Å². The quantitative estimate of drug-likeness (QED) is 0.0356. The van der Waals surface area contributed by atoms with Gasteiger partial charge >= 0.3 is 17.9 Å². The fourth-order valence-electron chi connectivity index (χ4n) is 12.7. The highest BCUT2D eigenvalue weighted by atomic mass is 16.6. The Morgan fingerprint density at radius 1 is 0.262 bits per heavy atom. The Bertz CT molecular complexity index is 2390. The largest absolute Gasteiger partial charge is 0.481 e. The normalized spacial score (nSPS) is 14.0. The molecule has 0 spiro atoms. The predicted octanol–water partition coefficient (Wildman–Crippen LogP) is 8.57. The van der Waals surface area contributed by atoms with Crippen LogP contribution in [0.3, 0.4) is 0 Å². The maximum atomic E-state index is 13.3. The van der Waals surface area contributed by atoms with Crippen molar-refractivity contribution in [3.63, 3.8) is 0 Å². The third-order valence-corrected chi connectivity index (χ3v) is 19.8. The highest BCUT2D eigenvalue weighted by Crippen LogP contribution is 2.31. The van der Waals surface area contributed by atoms with Crippen molar-refractivity contribution in [3.8, 4) is 0 Å². The first-order chi connectivity index (χ1) is 61.9. The third-order valence-electron chi connectivity index (χ3n) is 19.8. The molecule has 2 atom stereocenters. The van der Waals surface area contributed by atoms with Gasteiger partial charge in [0.25, 0.3) is 0 Å². The number of ketones is 2. The molecule has 1 aliphatic carbocycles. The van der Waals surface area contributed by atoms with E-state index in [0.29, 0.717) is 336 Å². The number of rotatable bonds is 107. The van der Waals surface area contributed by atoms with Crippen LogP contribution in [0.25, 0.3) is 0 Å². The van der Waals surface area contributed by atoms with Crippen LogP contribution in [-0.2, 0) is 147 Å². The SMILES string of the molecule is CCOCCOCCOCCOCCOCCOCCOCCOCCOCCOCCOCCOCCOCCOCCOCCOCCOCCOCCOCCOCCOCCOCCOCCOCCCC(=O)[C@H](CCC(=O)O)NC(=O)CC[C@H](CC(=O)[C@H]1CC[C@@H](CNC(=O)CCCCCCCCCCCCCCCCCCC(=O)O)CC1)C(=O)O. The molecule has 1 aliphatic rings. The number of unbranched alkanes of at least 4 members (excludes halogenated alkanes) is 15. The van der Waals surface area contributed by atoms with Gasteiger partial charge in [-0.3, -0.25) is 33.6 Å². The molecule has 1 fully saturated rings. The van der Waals surface area contributed by atoms with Crippen LogP contribution in [0.15, 0.2) is 0 Å². The molecule has 0 aromatic rings. The average molecular weight is 1820 g/mol. The Labute approximate surface area is 752 Å². The van der Waals surface area contributed by atoms with Gasteiger partial charge in [-0.1, -0.05) is 89.9 Å². The van der Waals surface area contributed by atoms with E-state index in [-0.39, 0.29) is 87.5 Å². The maximum Gasteiger partial charge on any atom is 0.306 e. The average Bonchev–Trinajstić information content (AvgIpc) is 0.867. The van der Waals surface area contributed by atoms with Gasteiger partial charge in [0.2, 0.25) is 11.8 Å². The molecule has 0 heterocycles. The standard InChI is InChI=1S/C90H168N2O34/c1-2-103-32-33-105-36-37-107-40-41-109-44-45-111-48-49-113-52-53-115-56-57-117-60-61-119-64-65-121-68-69-123-72-73-125-76-77-126-75-74-124-71-70-122-67-66-120-63-62-118-59-58-116-55-54-114-51-50-112-47-46-110-43-42-108-39-38-106-35-34-104-31-19-20-84(93)83(28-30-89(99)100)92-87(96)29-27-82(90(101)102)78-85(94)81-25-23-80(24-26-81)79-91-86(95)21-17-15-13-11-9-7-5-3-4-6-8-10-12-14-16-18-22-88(97)98/h80-83H,2-79H2,1H3,(H,91,95)(H,92,96)(H,97,98)(H,99,100)(H,101,102)/t80-,81+,82-,83+/m1/s1. The summed E-state index contributed by atoms with van der Waals surface area (Å²) in [5.41, 5.74) is 0. The summed E-state index contributed by atoms with van der Waals surface area (Å²) in [5.74, 6) is -5.19. The van der Waals surface area contributed by atoms with Crippen LogP contribution >= 0.6 is 0 Å². The van der Waals surface area contributed by atoms with Gasteiger partial charge in [-0.15, -0.1) is 0 Å². The van der Waals surface area contributed by atoms with Gasteiger partial charge in [-0.05, 0) is 70.6 Å². The second-order valence-electron chi connectivity index (χ2n) is 30.2. The van der Waals surface area contributed by atoms with Crippen LogP contribution < -0.4 is 10.6 Å². The lowest BCUT2D eigenvalue weighted by molar-refractivity contribution is -0.145. The molecule has 0 aromatic carbocycles. The van der Waals surface area contributed by atoms with Gasteiger partial charge in [-0.25, -0.2) is 0 Å². The third kappa shape index (κ3) is 90.3. The van der Waals surface area contributed by atoms with E-state index in [2.05, 4.69) is 10.6 Å². The summed E-state index contributed by atoms with van der Waals surface area (Å²) in [6, 6.07) is -1.07. The predicted molar refractivity (Wildman–Crippen MR) is 468 cm³/mol. The number of carbonyl (C=O) groups is 7. The minimum Gasteiger partial charge on any atom is -0.481 e. The zero-order valence-corrected chi connectivity index (χ0v) is 77.0. The van der Waals surface area contributed by atoms with Crippen molar-refractivity contribution >= 4 is 41.3 Å². The van der Waals surface area contributed by atoms with E-state index in [1.807, 2.05) is 6.92 Å². The number of amides is 2. The van der Waals surface area contributed by atoms with Crippen molar-refractivity contribution in [2.75, 3.05) is 324 Å². The Morgan fingerprint density at radius 2 is 0.508 bits per heavy atom. The van der Waals surface area contributed by atoms with E-state index in [1.165, 1.54) is 64.2 Å². The molecular formula is C90H168N2O34. The van der Waals surface area contributed by atoms with E-state index in [1.54, 1.807) is 0 Å². The van der Waals surface area contributed by atoms with Crippen molar-refractivity contribution in [2.45, 2.75) is 199 Å². The number of ether oxygens (including phenoxy) is 24. The Kier molecular flexibility index (Phi) is 93.4. The molecule has 742 valence electrons. The lowest BCUT2D eigenvalue weighted by Crippen LogP contribution is -2.41. The van der Waals surface area contributed by atoms with E-state index < -0.39 is 35.8 Å². The van der Waals surface area contributed by atoms with Crippen molar-refractivity contribution in [1.29, 1.82) is 0 Å². The van der Waals surface area contributed by atoms with Gasteiger partial charge in [-0.2, -0.15) is 0 Å². The molecule has 0 radical (unpaired) electrons. The summed E-state index contributed by atoms with van der Waals surface area (Å²) >= 11 is 0. The van der Waals surface area contributed by atoms with Crippen LogP contribution in [-0.4, -0.2) is 386 Å². The summed E-state index contributed by atoms with van der Waals surface area (Å²) in [7, 11) is 0. The van der Waals surface area contributed by atoms with Crippen molar-refractivity contribution < 1.29 is 163 Å². The smallest absolute Gasteiger partial charge is 0.306 e. The number of hydrogen-bond donors (Lipinski definition) is 5.